The second-order valence-electron chi connectivity index (χ2n) is 6.75. The van der Waals surface area contributed by atoms with Gasteiger partial charge in [0.2, 0.25) is 5.91 Å². The Morgan fingerprint density at radius 3 is 2.58 bits per heavy atom. The van der Waals surface area contributed by atoms with Gasteiger partial charge in [-0.25, -0.2) is 0 Å². The molecule has 0 spiro atoms. The van der Waals surface area contributed by atoms with E-state index in [-0.39, 0.29) is 25.0 Å². The number of carbonyl (C=O) groups excluding carboxylic acids is 1. The Kier molecular flexibility index (Phi) is 5.53. The van der Waals surface area contributed by atoms with Crippen LogP contribution in [0.25, 0.3) is 0 Å². The molecule has 1 heterocycles. The van der Waals surface area contributed by atoms with Gasteiger partial charge in [-0.1, -0.05) is 12.2 Å². The fourth-order valence-corrected chi connectivity index (χ4v) is 3.77. The molecule has 136 valence electrons. The lowest BCUT2D eigenvalue weighted by atomic mass is 9.93. The molecule has 1 aliphatic heterocycles. The summed E-state index contributed by atoms with van der Waals surface area (Å²) >= 11 is 0. The van der Waals surface area contributed by atoms with Crippen molar-refractivity contribution in [2.24, 2.45) is 17.8 Å². The summed E-state index contributed by atoms with van der Waals surface area (Å²) in [6.07, 6.45) is -0.216. The molecular weight excluding hydrogens is 318 g/mol. The van der Waals surface area contributed by atoms with E-state index < -0.39 is 37.3 Å². The summed E-state index contributed by atoms with van der Waals surface area (Å²) in [7, 11) is 0. The van der Waals surface area contributed by atoms with Crippen molar-refractivity contribution in [2.75, 3.05) is 19.8 Å². The van der Waals surface area contributed by atoms with Crippen LogP contribution in [0, 0.1) is 17.8 Å². The number of nitrogens with one attached hydrogen (secondary N) is 1. The standard InChI is InChI=1S/C16H25NO7/c18-7-11-12(19)13(20)14(21)16(24-11)23-4-3-17-15(22)10-6-8-1-2-9(10)5-8/h1-2,8-14,16,18-21H,3-7H2,(H,17,22)/t8?,9?,10?,11-,12-,13+,14+,16+/m1/s1. The first-order chi connectivity index (χ1) is 11.5. The van der Waals surface area contributed by atoms with Crippen molar-refractivity contribution in [3.8, 4) is 0 Å². The fraction of sp³-hybridized carbons (Fsp3) is 0.812. The quantitative estimate of drug-likeness (QED) is 0.282. The van der Waals surface area contributed by atoms with Crippen molar-refractivity contribution in [3.63, 3.8) is 0 Å². The highest BCUT2D eigenvalue weighted by atomic mass is 16.7. The molecule has 8 heteroatoms. The van der Waals surface area contributed by atoms with E-state index in [2.05, 4.69) is 17.5 Å². The van der Waals surface area contributed by atoms with Gasteiger partial charge in [-0.2, -0.15) is 0 Å². The van der Waals surface area contributed by atoms with Crippen LogP contribution in [-0.2, 0) is 14.3 Å². The third-order valence-corrected chi connectivity index (χ3v) is 5.15. The highest BCUT2D eigenvalue weighted by molar-refractivity contribution is 5.79. The molecule has 8 atom stereocenters. The van der Waals surface area contributed by atoms with Crippen LogP contribution in [0.15, 0.2) is 12.2 Å². The molecule has 1 saturated heterocycles. The number of hydrogen-bond donors (Lipinski definition) is 5. The van der Waals surface area contributed by atoms with Gasteiger partial charge in [-0.05, 0) is 24.7 Å². The van der Waals surface area contributed by atoms with Gasteiger partial charge in [0.25, 0.3) is 0 Å². The maximum Gasteiger partial charge on any atom is 0.223 e. The van der Waals surface area contributed by atoms with Crippen molar-refractivity contribution in [1.29, 1.82) is 0 Å². The molecule has 3 unspecified atom stereocenters. The van der Waals surface area contributed by atoms with Gasteiger partial charge in [-0.3, -0.25) is 4.79 Å². The summed E-state index contributed by atoms with van der Waals surface area (Å²) in [6.45, 7) is -0.157. The van der Waals surface area contributed by atoms with Crippen LogP contribution >= 0.6 is 0 Å². The third kappa shape index (κ3) is 3.49. The molecule has 0 radical (unpaired) electrons. The van der Waals surface area contributed by atoms with E-state index in [0.717, 1.165) is 12.8 Å². The van der Waals surface area contributed by atoms with Gasteiger partial charge < -0.3 is 35.2 Å². The van der Waals surface area contributed by atoms with Crippen LogP contribution in [0.1, 0.15) is 12.8 Å². The molecule has 3 aliphatic rings. The van der Waals surface area contributed by atoms with Crippen molar-refractivity contribution in [1.82, 2.24) is 5.32 Å². The fourth-order valence-electron chi connectivity index (χ4n) is 3.77. The highest BCUT2D eigenvalue weighted by Crippen LogP contribution is 2.43. The van der Waals surface area contributed by atoms with Gasteiger partial charge in [0.1, 0.15) is 24.4 Å². The van der Waals surface area contributed by atoms with Gasteiger partial charge in [0, 0.05) is 12.5 Å². The predicted molar refractivity (Wildman–Crippen MR) is 81.6 cm³/mol. The monoisotopic (exact) mass is 343 g/mol. The maximum absolute atomic E-state index is 12.2. The number of ether oxygens (including phenoxy) is 2. The lowest BCUT2D eigenvalue weighted by Crippen LogP contribution is -2.59. The van der Waals surface area contributed by atoms with Gasteiger partial charge in [0.05, 0.1) is 13.2 Å². The Bertz CT molecular complexity index is 483. The number of amides is 1. The Morgan fingerprint density at radius 1 is 1.17 bits per heavy atom. The zero-order chi connectivity index (χ0) is 17.3. The summed E-state index contributed by atoms with van der Waals surface area (Å²) in [6, 6.07) is 0. The van der Waals surface area contributed by atoms with E-state index in [9.17, 15) is 20.1 Å². The van der Waals surface area contributed by atoms with Gasteiger partial charge in [0.15, 0.2) is 6.29 Å². The zero-order valence-corrected chi connectivity index (χ0v) is 13.3. The van der Waals surface area contributed by atoms with Gasteiger partial charge >= 0.3 is 0 Å². The minimum atomic E-state index is -1.46. The molecule has 2 aliphatic carbocycles. The molecule has 3 rings (SSSR count). The number of carbonyl (C=O) groups is 1. The summed E-state index contributed by atoms with van der Waals surface area (Å²) < 4.78 is 10.6. The van der Waals surface area contributed by atoms with Crippen LogP contribution in [0.5, 0.6) is 0 Å². The largest absolute Gasteiger partial charge is 0.394 e. The van der Waals surface area contributed by atoms with E-state index in [1.165, 1.54) is 0 Å². The number of aliphatic hydroxyl groups is 4. The topological polar surface area (TPSA) is 128 Å². The van der Waals surface area contributed by atoms with E-state index in [0.29, 0.717) is 11.8 Å². The molecule has 0 aromatic rings. The summed E-state index contributed by atoms with van der Waals surface area (Å²) in [5.41, 5.74) is 0. The van der Waals surface area contributed by atoms with Crippen LogP contribution < -0.4 is 5.32 Å². The Hall–Kier alpha value is -1.03. The Balaban J connectivity index is 1.40. The van der Waals surface area contributed by atoms with Gasteiger partial charge in [-0.15, -0.1) is 0 Å². The number of aliphatic hydroxyl groups excluding tert-OH is 4. The van der Waals surface area contributed by atoms with Crippen LogP contribution in [-0.4, -0.2) is 76.8 Å². The first-order valence-electron chi connectivity index (χ1n) is 8.39. The van der Waals surface area contributed by atoms with Crippen LogP contribution in [0.4, 0.5) is 0 Å². The number of fused-ring (bicyclic) bond motifs is 2. The van der Waals surface area contributed by atoms with E-state index in [4.69, 9.17) is 14.6 Å². The number of allylic oxidation sites excluding steroid dienone is 2. The lowest BCUT2D eigenvalue weighted by Gasteiger charge is -2.39. The molecule has 2 bridgehead atoms. The van der Waals surface area contributed by atoms with Crippen molar-refractivity contribution >= 4 is 5.91 Å². The second-order valence-corrected chi connectivity index (χ2v) is 6.75. The Labute approximate surface area is 140 Å². The van der Waals surface area contributed by atoms with Crippen LogP contribution in [0.3, 0.4) is 0 Å². The van der Waals surface area contributed by atoms with E-state index in [1.807, 2.05) is 0 Å². The molecule has 24 heavy (non-hydrogen) atoms. The second kappa shape index (κ2) is 7.47. The third-order valence-electron chi connectivity index (χ3n) is 5.15. The molecular formula is C16H25NO7. The Morgan fingerprint density at radius 2 is 1.96 bits per heavy atom. The minimum Gasteiger partial charge on any atom is -0.394 e. The van der Waals surface area contributed by atoms with E-state index >= 15 is 0 Å². The average molecular weight is 343 g/mol. The first kappa shape index (κ1) is 17.8. The lowest BCUT2D eigenvalue weighted by molar-refractivity contribution is -0.300. The maximum atomic E-state index is 12.2. The number of hydrogen-bond acceptors (Lipinski definition) is 7. The normalized spacial score (nSPS) is 44.0. The SMILES string of the molecule is O=C(NCCO[C@H]1O[C@H](CO)[C@@H](O)[C@H](O)[C@@H]1O)C1CC2C=CC1C2. The van der Waals surface area contributed by atoms with Crippen molar-refractivity contribution in [3.05, 3.63) is 12.2 Å². The summed E-state index contributed by atoms with van der Waals surface area (Å²) in [5.74, 6) is 0.883. The molecule has 0 aromatic heterocycles. The van der Waals surface area contributed by atoms with Crippen molar-refractivity contribution in [2.45, 2.75) is 43.5 Å². The summed E-state index contributed by atoms with van der Waals surface area (Å²) in [5, 5.41) is 41.1. The minimum absolute atomic E-state index is 0.00394. The van der Waals surface area contributed by atoms with Crippen LogP contribution in [0.2, 0.25) is 0 Å². The average Bonchev–Trinajstić information content (AvgIpc) is 3.21. The molecule has 0 aromatic carbocycles. The predicted octanol–water partition coefficient (Wildman–Crippen LogP) is -1.87. The summed E-state index contributed by atoms with van der Waals surface area (Å²) in [4.78, 5) is 12.2. The first-order valence-corrected chi connectivity index (χ1v) is 8.39. The molecule has 5 N–H and O–H groups in total. The molecule has 2 fully saturated rings. The van der Waals surface area contributed by atoms with Crippen molar-refractivity contribution < 1.29 is 34.7 Å². The zero-order valence-electron chi connectivity index (χ0n) is 13.3. The molecule has 8 nitrogen and oxygen atoms in total. The highest BCUT2D eigenvalue weighted by Gasteiger charge is 2.44. The number of rotatable bonds is 6. The molecule has 1 amide bonds. The molecule has 1 saturated carbocycles. The smallest absolute Gasteiger partial charge is 0.223 e. The van der Waals surface area contributed by atoms with E-state index in [1.54, 1.807) is 0 Å².